The topological polar surface area (TPSA) is 146 Å². The number of carboxylic acid groups (broad SMARTS) is 2. The van der Waals surface area contributed by atoms with E-state index in [4.69, 9.17) is 29.1 Å². The van der Waals surface area contributed by atoms with Crippen LogP contribution < -0.4 is 4.74 Å². The van der Waals surface area contributed by atoms with Gasteiger partial charge in [-0.05, 0) is 35.7 Å². The van der Waals surface area contributed by atoms with Crippen molar-refractivity contribution in [3.63, 3.8) is 0 Å². The highest BCUT2D eigenvalue weighted by Gasteiger charge is 2.43. The quantitative estimate of drug-likeness (QED) is 0.539. The average molecular weight is 556 g/mol. The Balaban J connectivity index is 0.000000301. The predicted molar refractivity (Wildman–Crippen MR) is 113 cm³/mol. The Morgan fingerprint density at radius 3 is 2.18 bits per heavy atom. The molecule has 2 fully saturated rings. The van der Waals surface area contributed by atoms with Gasteiger partial charge in [0.1, 0.15) is 0 Å². The van der Waals surface area contributed by atoms with Crippen molar-refractivity contribution in [1.82, 2.24) is 19.9 Å². The maximum absolute atomic E-state index is 12.6. The zero-order chi connectivity index (χ0) is 28.7. The van der Waals surface area contributed by atoms with Crippen LogP contribution in [0, 0.1) is 5.92 Å². The Bertz CT molecular complexity index is 1070. The molecule has 2 aliphatic heterocycles. The number of methoxy groups -OCH3 is 1. The van der Waals surface area contributed by atoms with E-state index in [1.807, 2.05) is 17.2 Å². The van der Waals surface area contributed by atoms with Crippen molar-refractivity contribution in [3.05, 3.63) is 41.9 Å². The third-order valence-electron chi connectivity index (χ3n) is 5.45. The fraction of sp³-hybridized carbons (Fsp3) is 0.476. The summed E-state index contributed by atoms with van der Waals surface area (Å²) in [5, 5.41) is 18.0. The van der Waals surface area contributed by atoms with E-state index in [0.29, 0.717) is 17.8 Å². The van der Waals surface area contributed by atoms with Crippen LogP contribution in [0.5, 0.6) is 5.88 Å². The lowest BCUT2D eigenvalue weighted by atomic mass is 10.1. The number of nitrogens with zero attached hydrogens (tertiary/aromatic N) is 4. The van der Waals surface area contributed by atoms with Crippen molar-refractivity contribution in [2.45, 2.75) is 31.4 Å². The molecule has 0 bridgehead atoms. The van der Waals surface area contributed by atoms with Crippen molar-refractivity contribution in [2.75, 3.05) is 26.7 Å². The van der Waals surface area contributed by atoms with Crippen molar-refractivity contribution in [1.29, 1.82) is 0 Å². The maximum atomic E-state index is 12.6. The van der Waals surface area contributed by atoms with E-state index >= 15 is 0 Å². The first-order chi connectivity index (χ1) is 17.6. The van der Waals surface area contributed by atoms with E-state index in [1.165, 1.54) is 12.7 Å². The van der Waals surface area contributed by atoms with Crippen LogP contribution in [0.1, 0.15) is 22.5 Å². The second kappa shape index (κ2) is 12.6. The van der Waals surface area contributed by atoms with Gasteiger partial charge < -0.3 is 24.4 Å². The van der Waals surface area contributed by atoms with Crippen LogP contribution in [-0.4, -0.2) is 93.1 Å². The van der Waals surface area contributed by atoms with Gasteiger partial charge >= 0.3 is 24.3 Å². The first kappa shape index (κ1) is 30.3. The number of likely N-dealkylation sites (tertiary alicyclic amines) is 2. The van der Waals surface area contributed by atoms with Crippen molar-refractivity contribution < 1.29 is 60.2 Å². The smallest absolute Gasteiger partial charge is 0.479 e. The van der Waals surface area contributed by atoms with Crippen LogP contribution in [-0.2, 0) is 16.1 Å². The number of hydrogen-bond donors (Lipinski definition) is 2. The lowest BCUT2D eigenvalue weighted by Gasteiger charge is -2.24. The molecule has 4 rings (SSSR count). The zero-order valence-corrected chi connectivity index (χ0v) is 19.6. The SMILES string of the molecule is COc1cc(C(=O)N2C[C@@H]3CCN(Cc4cccnc4)[C@@H]3C2)on1.O=C(O)C(F)(F)F.O=C(O)C(F)(F)F. The van der Waals surface area contributed by atoms with Gasteiger partial charge in [0.05, 0.1) is 13.2 Å². The molecule has 2 N–H and O–H groups in total. The molecule has 0 unspecified atom stereocenters. The molecule has 4 heterocycles. The van der Waals surface area contributed by atoms with Gasteiger partial charge in [0, 0.05) is 38.1 Å². The molecule has 0 saturated carbocycles. The van der Waals surface area contributed by atoms with Crippen LogP contribution in [0.4, 0.5) is 26.3 Å². The minimum Gasteiger partial charge on any atom is -0.479 e. The minimum atomic E-state index is -5.08. The second-order valence-electron chi connectivity index (χ2n) is 8.00. The summed E-state index contributed by atoms with van der Waals surface area (Å²) < 4.78 is 73.5. The Hall–Kier alpha value is -3.89. The molecular formula is C21H22F6N4O7. The monoisotopic (exact) mass is 556 g/mol. The highest BCUT2D eigenvalue weighted by Crippen LogP contribution is 2.33. The molecule has 0 radical (unpaired) electrons. The van der Waals surface area contributed by atoms with Gasteiger partial charge in [-0.3, -0.25) is 14.7 Å². The molecule has 2 atom stereocenters. The summed E-state index contributed by atoms with van der Waals surface area (Å²) >= 11 is 0. The highest BCUT2D eigenvalue weighted by atomic mass is 19.4. The van der Waals surface area contributed by atoms with Gasteiger partial charge in [0.15, 0.2) is 0 Å². The summed E-state index contributed by atoms with van der Waals surface area (Å²) in [7, 11) is 1.50. The minimum absolute atomic E-state index is 0.110. The summed E-state index contributed by atoms with van der Waals surface area (Å²) in [6.45, 7) is 3.46. The van der Waals surface area contributed by atoms with Crippen LogP contribution in [0.2, 0.25) is 0 Å². The molecule has 2 saturated heterocycles. The Kier molecular flexibility index (Phi) is 10.0. The van der Waals surface area contributed by atoms with Gasteiger partial charge in [0.25, 0.3) is 11.8 Å². The summed E-state index contributed by atoms with van der Waals surface area (Å²) in [4.78, 5) is 38.9. The lowest BCUT2D eigenvalue weighted by molar-refractivity contribution is -0.193. The average Bonchev–Trinajstić information content (AvgIpc) is 3.56. The summed E-state index contributed by atoms with van der Waals surface area (Å²) in [6.07, 6.45) is -5.35. The Morgan fingerprint density at radius 2 is 1.71 bits per heavy atom. The summed E-state index contributed by atoms with van der Waals surface area (Å²) in [5.41, 5.74) is 1.21. The molecule has 38 heavy (non-hydrogen) atoms. The molecular weight excluding hydrogens is 534 g/mol. The normalized spacial score (nSPS) is 19.0. The zero-order valence-electron chi connectivity index (χ0n) is 19.6. The first-order valence-corrected chi connectivity index (χ1v) is 10.7. The number of amides is 1. The van der Waals surface area contributed by atoms with Crippen LogP contribution in [0.3, 0.4) is 0 Å². The number of carbonyl (C=O) groups is 3. The number of aromatic nitrogens is 2. The lowest BCUT2D eigenvalue weighted by Crippen LogP contribution is -2.36. The largest absolute Gasteiger partial charge is 0.490 e. The van der Waals surface area contributed by atoms with Crippen molar-refractivity contribution in [3.8, 4) is 5.88 Å². The van der Waals surface area contributed by atoms with Crippen LogP contribution in [0.15, 0.2) is 35.1 Å². The van der Waals surface area contributed by atoms with Gasteiger partial charge in [-0.15, -0.1) is 0 Å². The van der Waals surface area contributed by atoms with Crippen LogP contribution in [0.25, 0.3) is 0 Å². The predicted octanol–water partition coefficient (Wildman–Crippen LogP) is 2.69. The Labute approximate surface area is 210 Å². The molecule has 1 amide bonds. The van der Waals surface area contributed by atoms with Crippen molar-refractivity contribution >= 4 is 17.8 Å². The fourth-order valence-electron chi connectivity index (χ4n) is 3.75. The number of ether oxygens (including phenoxy) is 1. The number of carboxylic acids is 2. The van der Waals surface area contributed by atoms with Gasteiger partial charge in [-0.25, -0.2) is 9.59 Å². The molecule has 2 aromatic heterocycles. The van der Waals surface area contributed by atoms with E-state index in [9.17, 15) is 31.1 Å². The molecule has 0 spiro atoms. The Morgan fingerprint density at radius 1 is 1.11 bits per heavy atom. The number of rotatable bonds is 4. The molecule has 11 nitrogen and oxygen atoms in total. The number of aliphatic carboxylic acids is 2. The number of halogens is 6. The van der Waals surface area contributed by atoms with E-state index in [-0.39, 0.29) is 11.7 Å². The molecule has 210 valence electrons. The summed E-state index contributed by atoms with van der Waals surface area (Å²) in [5.74, 6) is -4.53. The van der Waals surface area contributed by atoms with E-state index in [2.05, 4.69) is 21.1 Å². The molecule has 0 aliphatic carbocycles. The first-order valence-electron chi connectivity index (χ1n) is 10.7. The van der Waals surface area contributed by atoms with E-state index in [1.54, 1.807) is 12.3 Å². The van der Waals surface area contributed by atoms with Crippen molar-refractivity contribution in [2.24, 2.45) is 5.92 Å². The van der Waals surface area contributed by atoms with Gasteiger partial charge in [0.2, 0.25) is 5.76 Å². The van der Waals surface area contributed by atoms with E-state index in [0.717, 1.165) is 32.6 Å². The van der Waals surface area contributed by atoms with Gasteiger partial charge in [-0.1, -0.05) is 6.07 Å². The third-order valence-corrected chi connectivity index (χ3v) is 5.45. The van der Waals surface area contributed by atoms with Crippen LogP contribution >= 0.6 is 0 Å². The maximum Gasteiger partial charge on any atom is 0.490 e. The number of hydrogen-bond acceptors (Lipinski definition) is 8. The van der Waals surface area contributed by atoms with Gasteiger partial charge in [-0.2, -0.15) is 26.3 Å². The highest BCUT2D eigenvalue weighted by molar-refractivity contribution is 5.92. The fourth-order valence-corrected chi connectivity index (χ4v) is 3.75. The molecule has 0 aromatic carbocycles. The second-order valence-corrected chi connectivity index (χ2v) is 8.00. The number of alkyl halides is 6. The molecule has 17 heteroatoms. The number of fused-ring (bicyclic) bond motifs is 1. The standard InChI is InChI=1S/C17H20N4O3.2C2HF3O2/c1-23-16-7-15(24-19-16)17(22)21-10-13-4-6-20(14(13)11-21)9-12-3-2-5-18-8-12;2*3-2(4,5)1(6)7/h2-3,5,7-8,13-14H,4,6,9-11H2,1H3;2*(H,6,7)/t13-,14+;;/m0../s1. The third kappa shape index (κ3) is 8.60. The van der Waals surface area contributed by atoms with E-state index < -0.39 is 24.3 Å². The summed E-state index contributed by atoms with van der Waals surface area (Å²) in [6, 6.07) is 6.01. The number of pyridine rings is 1. The number of carbonyl (C=O) groups excluding carboxylic acids is 1. The molecule has 2 aromatic rings. The molecule has 2 aliphatic rings.